The van der Waals surface area contributed by atoms with Crippen LogP contribution in [0, 0.1) is 0 Å². The van der Waals surface area contributed by atoms with Crippen molar-refractivity contribution in [2.75, 3.05) is 0 Å². The van der Waals surface area contributed by atoms with Crippen molar-refractivity contribution in [2.45, 2.75) is 206 Å². The summed E-state index contributed by atoms with van der Waals surface area (Å²) in [5.41, 5.74) is 3.05. The van der Waals surface area contributed by atoms with Crippen molar-refractivity contribution in [3.05, 3.63) is 90.0 Å². The third-order valence-corrected chi connectivity index (χ3v) is 11.1. The predicted octanol–water partition coefficient (Wildman–Crippen LogP) is 14.2. The van der Waals surface area contributed by atoms with Crippen LogP contribution in [0.2, 0.25) is 0 Å². The zero-order valence-electron chi connectivity index (χ0n) is 32.4. The van der Waals surface area contributed by atoms with Crippen LogP contribution in [0.3, 0.4) is 0 Å². The van der Waals surface area contributed by atoms with Gasteiger partial charge in [-0.2, -0.15) is 0 Å². The van der Waals surface area contributed by atoms with Crippen molar-refractivity contribution in [1.29, 1.82) is 0 Å². The van der Waals surface area contributed by atoms with E-state index in [0.29, 0.717) is 0 Å². The van der Waals surface area contributed by atoms with Crippen LogP contribution in [0.1, 0.15) is 198 Å². The first kappa shape index (κ1) is 41.1. The Balaban J connectivity index is 1.48. The highest BCUT2D eigenvalue weighted by Crippen LogP contribution is 2.37. The van der Waals surface area contributed by atoms with E-state index in [1.54, 1.807) is 0 Å². The topological polar surface area (TPSA) is 19.7 Å². The molecule has 1 atom stereocenters. The molecule has 2 aromatic carbocycles. The molecule has 0 radical (unpaired) electrons. The number of hydrogen-bond acceptors (Lipinski definition) is 0. The fraction of sp³-hybridized carbons (Fsp3) is 0.681. The molecule has 1 unspecified atom stereocenters. The Morgan fingerprint density at radius 2 is 0.898 bits per heavy atom. The van der Waals surface area contributed by atoms with Crippen molar-refractivity contribution in [3.8, 4) is 0 Å². The van der Waals surface area contributed by atoms with Gasteiger partial charge < -0.3 is 0 Å². The molecule has 1 aromatic heterocycles. The normalized spacial score (nSPS) is 12.8. The number of unbranched alkanes of at least 4 members (excludes halogenated alkanes) is 23. The summed E-state index contributed by atoms with van der Waals surface area (Å²) in [6.07, 6.45) is 43.0. The maximum Gasteiger partial charge on any atom is 0.255 e. The standard InChI is InChI=1S/C47H76N2/c1-3-5-7-9-11-13-14-15-16-17-18-19-20-22-24-32-38-47(45-36-30-27-31-37-45,42-44-34-28-26-29-35-44)43-46-48-39-41-49(46)40-33-25-23-21-12-10-8-6-4-2/h26-31,34-37,39,41H,3-25,32-33,38,40,42-43H2,1-2H3/p+1. The number of nitrogens with zero attached hydrogens (tertiary/aromatic N) is 1. The zero-order valence-corrected chi connectivity index (χ0v) is 32.4. The average molecular weight is 670 g/mol. The lowest BCUT2D eigenvalue weighted by Crippen LogP contribution is -2.41. The Bertz CT molecular complexity index is 1140. The van der Waals surface area contributed by atoms with E-state index in [-0.39, 0.29) is 5.41 Å². The number of benzene rings is 2. The van der Waals surface area contributed by atoms with E-state index in [9.17, 15) is 0 Å². The van der Waals surface area contributed by atoms with Gasteiger partial charge in [0.25, 0.3) is 5.82 Å². The number of aryl methyl sites for hydroxylation is 1. The van der Waals surface area contributed by atoms with Crippen LogP contribution < -0.4 is 4.57 Å². The number of aromatic nitrogens is 2. The first-order valence-electron chi connectivity index (χ1n) is 21.4. The van der Waals surface area contributed by atoms with Gasteiger partial charge in [-0.3, -0.25) is 0 Å². The molecular weight excluding hydrogens is 593 g/mol. The zero-order chi connectivity index (χ0) is 34.5. The summed E-state index contributed by atoms with van der Waals surface area (Å²) in [6, 6.07) is 22.8. The fourth-order valence-electron chi connectivity index (χ4n) is 8.05. The molecule has 0 saturated carbocycles. The predicted molar refractivity (Wildman–Crippen MR) is 214 cm³/mol. The smallest absolute Gasteiger partial charge is 0.248 e. The molecule has 0 amide bonds. The highest BCUT2D eigenvalue weighted by Gasteiger charge is 2.36. The molecule has 49 heavy (non-hydrogen) atoms. The lowest BCUT2D eigenvalue weighted by molar-refractivity contribution is -0.703. The van der Waals surface area contributed by atoms with Gasteiger partial charge in [-0.15, -0.1) is 0 Å². The first-order chi connectivity index (χ1) is 24.3. The van der Waals surface area contributed by atoms with Gasteiger partial charge in [-0.05, 0) is 36.8 Å². The number of aromatic amines is 1. The molecule has 0 aliphatic rings. The van der Waals surface area contributed by atoms with Crippen molar-refractivity contribution < 1.29 is 4.57 Å². The lowest BCUT2D eigenvalue weighted by atomic mass is 9.69. The van der Waals surface area contributed by atoms with E-state index >= 15 is 0 Å². The Labute approximate surface area is 304 Å². The van der Waals surface area contributed by atoms with E-state index < -0.39 is 0 Å². The Kier molecular flexibility index (Phi) is 23.0. The molecule has 0 bridgehead atoms. The molecule has 3 aromatic rings. The van der Waals surface area contributed by atoms with Crippen molar-refractivity contribution >= 4 is 0 Å². The second-order valence-electron chi connectivity index (χ2n) is 15.5. The second-order valence-corrected chi connectivity index (χ2v) is 15.5. The minimum atomic E-state index is 0.0870. The quantitative estimate of drug-likeness (QED) is 0.0504. The molecule has 274 valence electrons. The van der Waals surface area contributed by atoms with Gasteiger partial charge >= 0.3 is 0 Å². The SMILES string of the molecule is CCCCCCCCCCCCCCCCCCC(Cc1ccccc1)(Cc1[nH]cc[n+]1CCCCCCCCCCC)c1ccccc1. The molecule has 0 fully saturated rings. The Hall–Kier alpha value is -2.35. The number of rotatable bonds is 32. The summed E-state index contributed by atoms with van der Waals surface area (Å²) in [7, 11) is 0. The van der Waals surface area contributed by atoms with Gasteiger partial charge in [0, 0.05) is 5.41 Å². The monoisotopic (exact) mass is 670 g/mol. The molecule has 0 saturated heterocycles. The highest BCUT2D eigenvalue weighted by atomic mass is 15.1. The molecule has 0 spiro atoms. The van der Waals surface area contributed by atoms with Crippen molar-refractivity contribution in [1.82, 2.24) is 4.98 Å². The van der Waals surface area contributed by atoms with Crippen molar-refractivity contribution in [2.24, 2.45) is 0 Å². The minimum Gasteiger partial charge on any atom is -0.248 e. The Morgan fingerprint density at radius 1 is 0.469 bits per heavy atom. The van der Waals surface area contributed by atoms with Crippen molar-refractivity contribution in [3.63, 3.8) is 0 Å². The lowest BCUT2D eigenvalue weighted by Gasteiger charge is -2.34. The van der Waals surface area contributed by atoms with Gasteiger partial charge in [0.05, 0.1) is 13.0 Å². The molecule has 3 rings (SSSR count). The number of H-pyrrole nitrogens is 1. The average Bonchev–Trinajstić information content (AvgIpc) is 3.57. The minimum absolute atomic E-state index is 0.0870. The number of hydrogen-bond donors (Lipinski definition) is 1. The van der Waals surface area contributed by atoms with Crippen LogP contribution in [0.5, 0.6) is 0 Å². The molecule has 2 heteroatoms. The maximum atomic E-state index is 3.72. The maximum absolute atomic E-state index is 3.72. The summed E-state index contributed by atoms with van der Waals surface area (Å²) in [4.78, 5) is 3.72. The van der Waals surface area contributed by atoms with E-state index in [1.165, 1.54) is 184 Å². The van der Waals surface area contributed by atoms with Gasteiger partial charge in [-0.25, -0.2) is 9.55 Å². The van der Waals surface area contributed by atoms with Crippen LogP contribution >= 0.6 is 0 Å². The first-order valence-corrected chi connectivity index (χ1v) is 21.4. The molecule has 0 aliphatic heterocycles. The van der Waals surface area contributed by atoms with Crippen LogP contribution in [0.4, 0.5) is 0 Å². The molecule has 1 N–H and O–H groups in total. The molecule has 2 nitrogen and oxygen atoms in total. The summed E-state index contributed by atoms with van der Waals surface area (Å²) in [5, 5.41) is 0. The van der Waals surface area contributed by atoms with Crippen LogP contribution in [-0.2, 0) is 24.8 Å². The van der Waals surface area contributed by atoms with Crippen LogP contribution in [0.25, 0.3) is 0 Å². The van der Waals surface area contributed by atoms with Crippen LogP contribution in [-0.4, -0.2) is 4.98 Å². The third kappa shape index (κ3) is 17.9. The second kappa shape index (κ2) is 27.4. The van der Waals surface area contributed by atoms with Gasteiger partial charge in [-0.1, -0.05) is 222 Å². The molecule has 0 aliphatic carbocycles. The highest BCUT2D eigenvalue weighted by molar-refractivity contribution is 5.31. The number of nitrogens with one attached hydrogen (secondary N) is 1. The van der Waals surface area contributed by atoms with E-state index in [2.05, 4.69) is 96.5 Å². The summed E-state index contributed by atoms with van der Waals surface area (Å²) in [5.74, 6) is 1.40. The molecular formula is C47H77N2+. The van der Waals surface area contributed by atoms with Gasteiger partial charge in [0.1, 0.15) is 12.4 Å². The third-order valence-electron chi connectivity index (χ3n) is 11.1. The van der Waals surface area contributed by atoms with Gasteiger partial charge in [0.2, 0.25) is 0 Å². The largest absolute Gasteiger partial charge is 0.255 e. The van der Waals surface area contributed by atoms with E-state index in [4.69, 9.17) is 0 Å². The number of imidazole rings is 1. The molecule has 1 heterocycles. The summed E-state index contributed by atoms with van der Waals surface area (Å²) >= 11 is 0. The summed E-state index contributed by atoms with van der Waals surface area (Å²) < 4.78 is 2.54. The Morgan fingerprint density at radius 3 is 1.39 bits per heavy atom. The van der Waals surface area contributed by atoms with Crippen LogP contribution in [0.15, 0.2) is 73.1 Å². The van der Waals surface area contributed by atoms with Gasteiger partial charge in [0.15, 0.2) is 0 Å². The fourth-order valence-corrected chi connectivity index (χ4v) is 8.05. The van der Waals surface area contributed by atoms with E-state index in [1.807, 2.05) is 0 Å². The summed E-state index contributed by atoms with van der Waals surface area (Å²) in [6.45, 7) is 5.74. The van der Waals surface area contributed by atoms with E-state index in [0.717, 1.165) is 19.4 Å².